The first-order chi connectivity index (χ1) is 10.1. The third-order valence-corrected chi connectivity index (χ3v) is 3.82. The Morgan fingerprint density at radius 3 is 2.18 bits per heavy atom. The second-order valence-corrected chi connectivity index (χ2v) is 6.67. The van der Waals surface area contributed by atoms with Crippen LogP contribution >= 0.6 is 0 Å². The van der Waals surface area contributed by atoms with Crippen LogP contribution < -0.4 is 15.2 Å². The number of nitrogens with zero attached hydrogens (tertiary/aromatic N) is 1. The highest BCUT2D eigenvalue weighted by Gasteiger charge is 2.29. The second kappa shape index (κ2) is 7.01. The van der Waals surface area contributed by atoms with Gasteiger partial charge in [0.25, 0.3) is 0 Å². The number of hydrogen-bond donors (Lipinski definition) is 1. The molecular weight excluding hydrogens is 280 g/mol. The molecule has 0 saturated carbocycles. The van der Waals surface area contributed by atoms with Crippen molar-refractivity contribution in [2.45, 2.75) is 40.3 Å². The highest BCUT2D eigenvalue weighted by Crippen LogP contribution is 2.31. The monoisotopic (exact) mass is 308 g/mol. The molecule has 0 aliphatic heterocycles. The van der Waals surface area contributed by atoms with Crippen LogP contribution in [-0.2, 0) is 11.3 Å². The lowest BCUT2D eigenvalue weighted by Crippen LogP contribution is -2.48. The topological polar surface area (TPSA) is 64.8 Å². The number of methoxy groups -OCH3 is 2. The van der Waals surface area contributed by atoms with Gasteiger partial charge in [0.15, 0.2) is 11.5 Å². The van der Waals surface area contributed by atoms with Gasteiger partial charge < -0.3 is 20.1 Å². The van der Waals surface area contributed by atoms with Gasteiger partial charge in [-0.1, -0.05) is 20.8 Å². The Hall–Kier alpha value is -1.75. The molecule has 0 heterocycles. The van der Waals surface area contributed by atoms with Crippen molar-refractivity contribution in [2.24, 2.45) is 11.1 Å². The standard InChI is InChI=1S/C17H28N2O3/c1-11-8-13(21-6)14(22-7)9-12(11)10-19(5)16(20)15(18)17(2,3)4/h8-9,15H,10,18H2,1-7H3/t15-/m1/s1. The molecule has 0 aliphatic rings. The van der Waals surface area contributed by atoms with Crippen molar-refractivity contribution >= 4 is 5.91 Å². The molecule has 1 atom stereocenters. The smallest absolute Gasteiger partial charge is 0.240 e. The van der Waals surface area contributed by atoms with Gasteiger partial charge in [-0.2, -0.15) is 0 Å². The molecule has 0 fully saturated rings. The number of amides is 1. The van der Waals surface area contributed by atoms with Gasteiger partial charge in [0, 0.05) is 13.6 Å². The van der Waals surface area contributed by atoms with Crippen molar-refractivity contribution in [1.29, 1.82) is 0 Å². The zero-order valence-electron chi connectivity index (χ0n) is 14.7. The molecule has 1 aromatic rings. The first kappa shape index (κ1) is 18.3. The SMILES string of the molecule is COc1cc(C)c(CN(C)C(=O)[C@@H](N)C(C)(C)C)cc1OC. The van der Waals surface area contributed by atoms with E-state index >= 15 is 0 Å². The quantitative estimate of drug-likeness (QED) is 0.907. The van der Waals surface area contributed by atoms with E-state index in [2.05, 4.69) is 0 Å². The van der Waals surface area contributed by atoms with Crippen LogP contribution in [0.3, 0.4) is 0 Å². The number of hydrogen-bond acceptors (Lipinski definition) is 4. The van der Waals surface area contributed by atoms with E-state index in [4.69, 9.17) is 15.2 Å². The van der Waals surface area contributed by atoms with Crippen molar-refractivity contribution < 1.29 is 14.3 Å². The maximum Gasteiger partial charge on any atom is 0.240 e. The third kappa shape index (κ3) is 4.13. The summed E-state index contributed by atoms with van der Waals surface area (Å²) in [6.45, 7) is 8.36. The van der Waals surface area contributed by atoms with E-state index < -0.39 is 6.04 Å². The molecule has 5 heteroatoms. The number of nitrogens with two attached hydrogens (primary N) is 1. The largest absolute Gasteiger partial charge is 0.493 e. The highest BCUT2D eigenvalue weighted by atomic mass is 16.5. The molecule has 2 N–H and O–H groups in total. The molecule has 22 heavy (non-hydrogen) atoms. The normalized spacial score (nSPS) is 12.7. The molecule has 0 unspecified atom stereocenters. The number of benzene rings is 1. The fraction of sp³-hybridized carbons (Fsp3) is 0.588. The minimum absolute atomic E-state index is 0.0679. The van der Waals surface area contributed by atoms with Crippen LogP contribution in [0, 0.1) is 12.3 Å². The first-order valence-corrected chi connectivity index (χ1v) is 7.33. The third-order valence-electron chi connectivity index (χ3n) is 3.82. The molecule has 124 valence electrons. The summed E-state index contributed by atoms with van der Waals surface area (Å²) < 4.78 is 10.6. The Labute approximate surface area is 133 Å². The summed E-state index contributed by atoms with van der Waals surface area (Å²) in [5.74, 6) is 1.27. The zero-order valence-corrected chi connectivity index (χ0v) is 14.7. The molecule has 5 nitrogen and oxygen atoms in total. The van der Waals surface area contributed by atoms with Crippen molar-refractivity contribution in [1.82, 2.24) is 4.90 Å². The molecule has 1 aromatic carbocycles. The van der Waals surface area contributed by atoms with Crippen molar-refractivity contribution in [3.05, 3.63) is 23.3 Å². The maximum absolute atomic E-state index is 12.4. The molecule has 0 aromatic heterocycles. The lowest BCUT2D eigenvalue weighted by Gasteiger charge is -2.30. The fourth-order valence-corrected chi connectivity index (χ4v) is 2.13. The number of carbonyl (C=O) groups excluding carboxylic acids is 1. The minimum atomic E-state index is -0.530. The van der Waals surface area contributed by atoms with Crippen LogP contribution in [0.2, 0.25) is 0 Å². The molecule has 0 aliphatic carbocycles. The van der Waals surface area contributed by atoms with E-state index in [1.807, 2.05) is 39.8 Å². The highest BCUT2D eigenvalue weighted by molar-refractivity contribution is 5.82. The molecule has 1 amide bonds. The van der Waals surface area contributed by atoms with E-state index in [9.17, 15) is 4.79 Å². The number of ether oxygens (including phenoxy) is 2. The number of carbonyl (C=O) groups is 1. The lowest BCUT2D eigenvalue weighted by molar-refractivity contribution is -0.134. The van der Waals surface area contributed by atoms with Crippen LogP contribution in [0.25, 0.3) is 0 Å². The Kier molecular flexibility index (Phi) is 5.83. The van der Waals surface area contributed by atoms with Crippen molar-refractivity contribution in [3.8, 4) is 11.5 Å². The Morgan fingerprint density at radius 1 is 1.23 bits per heavy atom. The predicted molar refractivity (Wildman–Crippen MR) is 88.2 cm³/mol. The molecule has 0 spiro atoms. The first-order valence-electron chi connectivity index (χ1n) is 7.33. The predicted octanol–water partition coefficient (Wildman–Crippen LogP) is 2.34. The van der Waals surface area contributed by atoms with Crippen LogP contribution in [0.5, 0.6) is 11.5 Å². The Bertz CT molecular complexity index is 535. The lowest BCUT2D eigenvalue weighted by atomic mass is 9.86. The van der Waals surface area contributed by atoms with Crippen LogP contribution in [0.15, 0.2) is 12.1 Å². The van der Waals surface area contributed by atoms with Gasteiger partial charge in [0.2, 0.25) is 5.91 Å². The van der Waals surface area contributed by atoms with Gasteiger partial charge in [0.1, 0.15) is 0 Å². The van der Waals surface area contributed by atoms with Crippen molar-refractivity contribution in [2.75, 3.05) is 21.3 Å². The van der Waals surface area contributed by atoms with Crippen LogP contribution in [0.4, 0.5) is 0 Å². The zero-order chi connectivity index (χ0) is 17.1. The van der Waals surface area contributed by atoms with Gasteiger partial charge in [-0.15, -0.1) is 0 Å². The number of aryl methyl sites for hydroxylation is 1. The Balaban J connectivity index is 2.97. The van der Waals surface area contributed by atoms with Gasteiger partial charge in [-0.25, -0.2) is 0 Å². The van der Waals surface area contributed by atoms with Gasteiger partial charge in [-0.3, -0.25) is 4.79 Å². The molecule has 0 radical (unpaired) electrons. The molecular formula is C17H28N2O3. The maximum atomic E-state index is 12.4. The summed E-state index contributed by atoms with van der Waals surface area (Å²) in [5.41, 5.74) is 7.84. The van der Waals surface area contributed by atoms with E-state index in [1.54, 1.807) is 26.2 Å². The number of likely N-dealkylation sites (N-methyl/N-ethyl adjacent to an activating group) is 1. The molecule has 0 bridgehead atoms. The van der Waals surface area contributed by atoms with E-state index in [0.717, 1.165) is 11.1 Å². The Morgan fingerprint density at radius 2 is 1.73 bits per heavy atom. The summed E-state index contributed by atoms with van der Waals surface area (Å²) in [5, 5.41) is 0. The average Bonchev–Trinajstić information content (AvgIpc) is 2.46. The van der Waals surface area contributed by atoms with Gasteiger partial charge >= 0.3 is 0 Å². The summed E-state index contributed by atoms with van der Waals surface area (Å²) in [7, 11) is 4.97. The minimum Gasteiger partial charge on any atom is -0.493 e. The summed E-state index contributed by atoms with van der Waals surface area (Å²) in [6, 6.07) is 3.29. The summed E-state index contributed by atoms with van der Waals surface area (Å²) >= 11 is 0. The van der Waals surface area contributed by atoms with Crippen LogP contribution in [-0.4, -0.2) is 38.1 Å². The average molecular weight is 308 g/mol. The molecule has 1 rings (SSSR count). The fourth-order valence-electron chi connectivity index (χ4n) is 2.13. The van der Waals surface area contributed by atoms with E-state index in [-0.39, 0.29) is 11.3 Å². The number of rotatable bonds is 5. The van der Waals surface area contributed by atoms with Crippen LogP contribution in [0.1, 0.15) is 31.9 Å². The van der Waals surface area contributed by atoms with Gasteiger partial charge in [-0.05, 0) is 35.6 Å². The van der Waals surface area contributed by atoms with E-state index in [1.165, 1.54) is 0 Å². The van der Waals surface area contributed by atoms with Gasteiger partial charge in [0.05, 0.1) is 20.3 Å². The molecule has 0 saturated heterocycles. The second-order valence-electron chi connectivity index (χ2n) is 6.67. The summed E-state index contributed by atoms with van der Waals surface area (Å²) in [4.78, 5) is 14.1. The van der Waals surface area contributed by atoms with Crippen molar-refractivity contribution in [3.63, 3.8) is 0 Å². The summed E-state index contributed by atoms with van der Waals surface area (Å²) in [6.07, 6.45) is 0. The van der Waals surface area contributed by atoms with E-state index in [0.29, 0.717) is 18.0 Å².